The van der Waals surface area contributed by atoms with Crippen LogP contribution in [0.15, 0.2) is 53.6 Å². The summed E-state index contributed by atoms with van der Waals surface area (Å²) in [6.07, 6.45) is 1.71. The monoisotopic (exact) mass is 409 g/mol. The Balaban J connectivity index is 1.69. The fraction of sp³-hybridized carbons (Fsp3) is 0.217. The van der Waals surface area contributed by atoms with Crippen molar-refractivity contribution < 1.29 is 18.7 Å². The minimum Gasteiger partial charge on any atom is -0.493 e. The van der Waals surface area contributed by atoms with E-state index >= 15 is 0 Å². The van der Waals surface area contributed by atoms with Gasteiger partial charge in [-0.1, -0.05) is 18.2 Å². The highest BCUT2D eigenvalue weighted by Gasteiger charge is 2.13. The van der Waals surface area contributed by atoms with Gasteiger partial charge in [-0.05, 0) is 49.7 Å². The zero-order valence-electron chi connectivity index (χ0n) is 17.4. The van der Waals surface area contributed by atoms with Crippen LogP contribution >= 0.6 is 0 Å². The van der Waals surface area contributed by atoms with Gasteiger partial charge in [-0.3, -0.25) is 4.79 Å². The largest absolute Gasteiger partial charge is 0.493 e. The van der Waals surface area contributed by atoms with E-state index in [9.17, 15) is 9.18 Å². The highest BCUT2D eigenvalue weighted by Crippen LogP contribution is 2.27. The Hall–Kier alpha value is -3.61. The Kier molecular flexibility index (Phi) is 6.51. The second-order valence-corrected chi connectivity index (χ2v) is 6.77. The van der Waals surface area contributed by atoms with Gasteiger partial charge in [0, 0.05) is 17.0 Å². The number of hydrogen-bond donors (Lipinski definition) is 1. The normalized spacial score (nSPS) is 11.0. The molecule has 0 spiro atoms. The van der Waals surface area contributed by atoms with E-state index in [0.29, 0.717) is 17.2 Å². The number of carbonyl (C=O) groups is 1. The molecule has 0 saturated carbocycles. The zero-order chi connectivity index (χ0) is 21.7. The molecule has 1 amide bonds. The lowest BCUT2D eigenvalue weighted by Gasteiger charge is -2.10. The van der Waals surface area contributed by atoms with Gasteiger partial charge in [-0.25, -0.2) is 9.82 Å². The molecular weight excluding hydrogens is 385 g/mol. The SMILES string of the molecule is COc1ccc(CC(=O)N/N=C\c2cc(C)n(-c3ccccc3F)c2C)cc1OC. The Labute approximate surface area is 174 Å². The van der Waals surface area contributed by atoms with Gasteiger partial charge in [-0.15, -0.1) is 0 Å². The number of hydrogen-bond acceptors (Lipinski definition) is 4. The first-order valence-corrected chi connectivity index (χ1v) is 9.41. The van der Waals surface area contributed by atoms with Crippen LogP contribution in [-0.2, 0) is 11.2 Å². The molecule has 3 rings (SSSR count). The van der Waals surface area contributed by atoms with Crippen LogP contribution < -0.4 is 14.9 Å². The van der Waals surface area contributed by atoms with Gasteiger partial charge in [0.05, 0.1) is 32.5 Å². The molecule has 1 aromatic heterocycles. The molecule has 0 atom stereocenters. The van der Waals surface area contributed by atoms with Crippen LogP contribution in [0.2, 0.25) is 0 Å². The molecule has 6 nitrogen and oxygen atoms in total. The number of aromatic nitrogens is 1. The minimum atomic E-state index is -0.300. The number of nitrogens with one attached hydrogen (secondary N) is 1. The number of para-hydroxylation sites is 1. The molecule has 7 heteroatoms. The molecule has 0 bridgehead atoms. The van der Waals surface area contributed by atoms with Gasteiger partial charge in [0.15, 0.2) is 11.5 Å². The van der Waals surface area contributed by atoms with Crippen LogP contribution in [0.4, 0.5) is 4.39 Å². The zero-order valence-corrected chi connectivity index (χ0v) is 17.4. The van der Waals surface area contributed by atoms with E-state index in [2.05, 4.69) is 10.5 Å². The lowest BCUT2D eigenvalue weighted by Crippen LogP contribution is -2.19. The number of aryl methyl sites for hydroxylation is 1. The van der Waals surface area contributed by atoms with E-state index in [-0.39, 0.29) is 18.1 Å². The molecule has 3 aromatic rings. The fourth-order valence-electron chi connectivity index (χ4n) is 3.31. The maximum atomic E-state index is 14.2. The predicted octanol–water partition coefficient (Wildman–Crippen LogP) is 3.94. The molecular formula is C23H24FN3O3. The number of amides is 1. The smallest absolute Gasteiger partial charge is 0.244 e. The first-order valence-electron chi connectivity index (χ1n) is 9.41. The molecule has 0 radical (unpaired) electrons. The average molecular weight is 409 g/mol. The maximum Gasteiger partial charge on any atom is 0.244 e. The molecule has 1 N–H and O–H groups in total. The summed E-state index contributed by atoms with van der Waals surface area (Å²) >= 11 is 0. The van der Waals surface area contributed by atoms with Crippen molar-refractivity contribution in [1.29, 1.82) is 0 Å². The van der Waals surface area contributed by atoms with Gasteiger partial charge in [-0.2, -0.15) is 5.10 Å². The molecule has 0 fully saturated rings. The van der Waals surface area contributed by atoms with Crippen molar-refractivity contribution in [2.24, 2.45) is 5.10 Å². The highest BCUT2D eigenvalue weighted by atomic mass is 19.1. The summed E-state index contributed by atoms with van der Waals surface area (Å²) in [4.78, 5) is 12.2. The Morgan fingerprint density at radius 2 is 1.83 bits per heavy atom. The molecule has 156 valence electrons. The Morgan fingerprint density at radius 3 is 2.53 bits per heavy atom. The third kappa shape index (κ3) is 4.51. The summed E-state index contributed by atoms with van der Waals surface area (Å²) in [6, 6.07) is 13.8. The first-order chi connectivity index (χ1) is 14.4. The maximum absolute atomic E-state index is 14.2. The topological polar surface area (TPSA) is 64.8 Å². The summed E-state index contributed by atoms with van der Waals surface area (Å²) in [5, 5.41) is 4.06. The third-order valence-electron chi connectivity index (χ3n) is 4.77. The van der Waals surface area contributed by atoms with Crippen molar-refractivity contribution in [2.75, 3.05) is 14.2 Å². The van der Waals surface area contributed by atoms with Gasteiger partial charge in [0.2, 0.25) is 5.91 Å². The first kappa shape index (κ1) is 21.1. The van der Waals surface area contributed by atoms with E-state index in [0.717, 1.165) is 22.5 Å². The summed E-state index contributed by atoms with van der Waals surface area (Å²) in [5.74, 6) is 0.601. The van der Waals surface area contributed by atoms with Crippen molar-refractivity contribution in [2.45, 2.75) is 20.3 Å². The lowest BCUT2D eigenvalue weighted by molar-refractivity contribution is -0.120. The molecule has 0 unspecified atom stereocenters. The quantitative estimate of drug-likeness (QED) is 0.475. The second-order valence-electron chi connectivity index (χ2n) is 6.77. The van der Waals surface area contributed by atoms with Crippen LogP contribution in [0.3, 0.4) is 0 Å². The molecule has 1 heterocycles. The fourth-order valence-corrected chi connectivity index (χ4v) is 3.31. The van der Waals surface area contributed by atoms with E-state index in [1.54, 1.807) is 56.8 Å². The molecule has 0 aliphatic rings. The van der Waals surface area contributed by atoms with E-state index in [1.807, 2.05) is 24.5 Å². The molecule has 0 saturated heterocycles. The molecule has 0 aliphatic heterocycles. The van der Waals surface area contributed by atoms with E-state index in [4.69, 9.17) is 9.47 Å². The number of hydrazone groups is 1. The van der Waals surface area contributed by atoms with Crippen LogP contribution in [0.1, 0.15) is 22.5 Å². The summed E-state index contributed by atoms with van der Waals surface area (Å²) < 4.78 is 26.5. The number of rotatable bonds is 7. The van der Waals surface area contributed by atoms with Crippen molar-refractivity contribution in [3.05, 3.63) is 76.9 Å². The standard InChI is InChI=1S/C23H24FN3O3/c1-15-11-18(16(2)27(15)20-8-6-5-7-19(20)24)14-25-26-23(28)13-17-9-10-21(29-3)22(12-17)30-4/h5-12,14H,13H2,1-4H3,(H,26,28)/b25-14-. The Bertz CT molecular complexity index is 1090. The number of methoxy groups -OCH3 is 2. The Morgan fingerprint density at radius 1 is 1.10 bits per heavy atom. The number of ether oxygens (including phenoxy) is 2. The summed E-state index contributed by atoms with van der Waals surface area (Å²) in [5.41, 5.74) is 6.27. The van der Waals surface area contributed by atoms with Crippen LogP contribution in [0.5, 0.6) is 11.5 Å². The van der Waals surface area contributed by atoms with Crippen LogP contribution in [0, 0.1) is 19.7 Å². The van der Waals surface area contributed by atoms with Crippen molar-refractivity contribution in [3.63, 3.8) is 0 Å². The molecule has 2 aromatic carbocycles. The number of nitrogens with zero attached hydrogens (tertiary/aromatic N) is 2. The van der Waals surface area contributed by atoms with E-state index in [1.165, 1.54) is 6.07 Å². The van der Waals surface area contributed by atoms with Gasteiger partial charge < -0.3 is 14.0 Å². The van der Waals surface area contributed by atoms with Crippen molar-refractivity contribution >= 4 is 12.1 Å². The number of benzene rings is 2. The van der Waals surface area contributed by atoms with Crippen molar-refractivity contribution in [1.82, 2.24) is 9.99 Å². The minimum absolute atomic E-state index is 0.145. The van der Waals surface area contributed by atoms with E-state index < -0.39 is 0 Å². The lowest BCUT2D eigenvalue weighted by atomic mass is 10.1. The van der Waals surface area contributed by atoms with Gasteiger partial charge in [0.25, 0.3) is 0 Å². The molecule has 0 aliphatic carbocycles. The summed E-state index contributed by atoms with van der Waals surface area (Å²) in [7, 11) is 3.10. The number of carbonyl (C=O) groups excluding carboxylic acids is 1. The van der Waals surface area contributed by atoms with Crippen LogP contribution in [-0.4, -0.2) is 30.9 Å². The highest BCUT2D eigenvalue weighted by molar-refractivity contribution is 5.85. The average Bonchev–Trinajstić information content (AvgIpc) is 3.01. The van der Waals surface area contributed by atoms with Gasteiger partial charge >= 0.3 is 0 Å². The van der Waals surface area contributed by atoms with Crippen molar-refractivity contribution in [3.8, 4) is 17.2 Å². The van der Waals surface area contributed by atoms with Crippen LogP contribution in [0.25, 0.3) is 5.69 Å². The number of halogens is 1. The van der Waals surface area contributed by atoms with Gasteiger partial charge in [0.1, 0.15) is 5.82 Å². The molecule has 30 heavy (non-hydrogen) atoms. The predicted molar refractivity (Wildman–Crippen MR) is 114 cm³/mol. The third-order valence-corrected chi connectivity index (χ3v) is 4.77. The summed E-state index contributed by atoms with van der Waals surface area (Å²) in [6.45, 7) is 3.78. The second kappa shape index (κ2) is 9.26.